The predicted octanol–water partition coefficient (Wildman–Crippen LogP) is 5.60. The molecule has 1 amide bonds. The third-order valence-electron chi connectivity index (χ3n) is 4.34. The van der Waals surface area contributed by atoms with Crippen LogP contribution in [0.3, 0.4) is 0 Å². The van der Waals surface area contributed by atoms with E-state index < -0.39 is 5.78 Å². The minimum Gasteiger partial charge on any atom is -0.483 e. The Morgan fingerprint density at radius 3 is 2.66 bits per heavy atom. The number of hydrogen-bond acceptors (Lipinski definition) is 5. The molecule has 0 aromatic heterocycles. The summed E-state index contributed by atoms with van der Waals surface area (Å²) in [6.45, 7) is 9.14. The largest absolute Gasteiger partial charge is 0.483 e. The summed E-state index contributed by atoms with van der Waals surface area (Å²) in [5.74, 6) is -0.775. The lowest BCUT2D eigenvalue weighted by atomic mass is 10.1. The first-order chi connectivity index (χ1) is 15.2. The highest BCUT2D eigenvalue weighted by molar-refractivity contribution is 6.31. The van der Waals surface area contributed by atoms with Crippen molar-refractivity contribution in [1.82, 2.24) is 0 Å². The summed E-state index contributed by atoms with van der Waals surface area (Å²) < 4.78 is 5.60. The number of aryl methyl sites for hydroxylation is 2. The van der Waals surface area contributed by atoms with Crippen LogP contribution in [0.4, 0.5) is 5.69 Å². The van der Waals surface area contributed by atoms with Gasteiger partial charge in [0.1, 0.15) is 23.2 Å². The zero-order valence-corrected chi connectivity index (χ0v) is 19.0. The molecule has 0 saturated carbocycles. The molecule has 164 valence electrons. The van der Waals surface area contributed by atoms with Crippen molar-refractivity contribution in [2.75, 3.05) is 11.9 Å². The normalized spacial score (nSPS) is 11.2. The molecule has 1 N–H and O–H groups in total. The number of carbonyl (C=O) groups is 2. The zero-order valence-electron chi connectivity index (χ0n) is 18.2. The van der Waals surface area contributed by atoms with Gasteiger partial charge in [0.15, 0.2) is 6.61 Å². The second-order valence-electron chi connectivity index (χ2n) is 6.99. The summed E-state index contributed by atoms with van der Waals surface area (Å²) in [7, 11) is 0. The topological polar surface area (TPSA) is 91.6 Å². The first-order valence-corrected chi connectivity index (χ1v) is 10.3. The van der Waals surface area contributed by atoms with Crippen molar-refractivity contribution >= 4 is 34.7 Å². The molecule has 0 aliphatic carbocycles. The van der Waals surface area contributed by atoms with Gasteiger partial charge in [-0.2, -0.15) is 5.26 Å². The number of aliphatic imine (C=N–C) groups is 1. The molecule has 2 aromatic rings. The van der Waals surface area contributed by atoms with Gasteiger partial charge in [-0.05, 0) is 56.2 Å². The molecule has 6 nitrogen and oxygen atoms in total. The van der Waals surface area contributed by atoms with E-state index in [1.807, 2.05) is 45.0 Å². The standard InChI is InChI=1S/C25H24ClN3O3/c1-5-6-7-20(14-27)28-18(4)25(31)21-13-19(26)9-11-23(21)32-15-24(30)29-22-10-8-16(2)12-17(22)3/h6-13H,4-5,15H2,1-3H3,(H,29,30)/b7-6-,28-20?. The van der Waals surface area contributed by atoms with E-state index in [0.717, 1.165) is 17.5 Å². The highest BCUT2D eigenvalue weighted by Crippen LogP contribution is 2.26. The van der Waals surface area contributed by atoms with Crippen molar-refractivity contribution < 1.29 is 14.3 Å². The molecule has 2 aromatic carbocycles. The molecule has 0 aliphatic heterocycles. The van der Waals surface area contributed by atoms with Crippen LogP contribution in [0.15, 0.2) is 65.8 Å². The van der Waals surface area contributed by atoms with E-state index in [-0.39, 0.29) is 35.2 Å². The van der Waals surface area contributed by atoms with Crippen molar-refractivity contribution in [2.24, 2.45) is 4.99 Å². The number of ketones is 1. The summed E-state index contributed by atoms with van der Waals surface area (Å²) in [4.78, 5) is 29.2. The van der Waals surface area contributed by atoms with Gasteiger partial charge in [-0.15, -0.1) is 0 Å². The van der Waals surface area contributed by atoms with Crippen molar-refractivity contribution in [2.45, 2.75) is 27.2 Å². The van der Waals surface area contributed by atoms with Crippen LogP contribution in [0, 0.1) is 25.2 Å². The Labute approximate surface area is 192 Å². The summed E-state index contributed by atoms with van der Waals surface area (Å²) in [6, 6.07) is 12.1. The van der Waals surface area contributed by atoms with Gasteiger partial charge in [-0.1, -0.05) is 48.9 Å². The van der Waals surface area contributed by atoms with Gasteiger partial charge >= 0.3 is 0 Å². The number of rotatable bonds is 9. The number of halogens is 1. The lowest BCUT2D eigenvalue weighted by Crippen LogP contribution is -2.21. The SMILES string of the molecule is C=C(N=C(C#N)/C=C\CC)C(=O)c1cc(Cl)ccc1OCC(=O)Nc1ccc(C)cc1C. The molecule has 0 fully saturated rings. The van der Waals surface area contributed by atoms with Gasteiger partial charge < -0.3 is 10.1 Å². The van der Waals surface area contributed by atoms with Crippen LogP contribution in [0.1, 0.15) is 34.8 Å². The molecule has 0 unspecified atom stereocenters. The van der Waals surface area contributed by atoms with Gasteiger partial charge in [0.2, 0.25) is 5.78 Å². The van der Waals surface area contributed by atoms with E-state index >= 15 is 0 Å². The molecule has 0 heterocycles. The van der Waals surface area contributed by atoms with Crippen LogP contribution in [0.5, 0.6) is 5.75 Å². The Balaban J connectivity index is 2.17. The molecule has 0 atom stereocenters. The Hall–Kier alpha value is -3.69. The number of ether oxygens (including phenoxy) is 1. The van der Waals surface area contributed by atoms with Crippen molar-refractivity contribution in [3.63, 3.8) is 0 Å². The third kappa shape index (κ3) is 6.93. The highest BCUT2D eigenvalue weighted by atomic mass is 35.5. The maximum Gasteiger partial charge on any atom is 0.262 e. The summed E-state index contributed by atoms with van der Waals surface area (Å²) in [5, 5.41) is 12.3. The molecule has 32 heavy (non-hydrogen) atoms. The molecule has 0 bridgehead atoms. The molecule has 0 aliphatic rings. The Kier molecular flexibility index (Phi) is 8.94. The van der Waals surface area contributed by atoms with Crippen LogP contribution in [0.25, 0.3) is 0 Å². The van der Waals surface area contributed by atoms with Crippen molar-refractivity contribution in [3.8, 4) is 11.8 Å². The highest BCUT2D eigenvalue weighted by Gasteiger charge is 2.18. The number of carbonyl (C=O) groups excluding carboxylic acids is 2. The average molecular weight is 450 g/mol. The van der Waals surface area contributed by atoms with E-state index in [9.17, 15) is 14.9 Å². The monoisotopic (exact) mass is 449 g/mol. The van der Waals surface area contributed by atoms with Crippen LogP contribution in [-0.4, -0.2) is 24.0 Å². The lowest BCUT2D eigenvalue weighted by molar-refractivity contribution is -0.118. The maximum absolute atomic E-state index is 12.9. The van der Waals surface area contributed by atoms with E-state index in [4.69, 9.17) is 16.3 Å². The quantitative estimate of drug-likeness (QED) is 0.306. The predicted molar refractivity (Wildman–Crippen MR) is 127 cm³/mol. The van der Waals surface area contributed by atoms with Crippen molar-refractivity contribution in [1.29, 1.82) is 5.26 Å². The van der Waals surface area contributed by atoms with Crippen LogP contribution >= 0.6 is 11.6 Å². The lowest BCUT2D eigenvalue weighted by Gasteiger charge is -2.13. The van der Waals surface area contributed by atoms with Gasteiger partial charge in [0.05, 0.1) is 5.56 Å². The Morgan fingerprint density at radius 1 is 1.25 bits per heavy atom. The Morgan fingerprint density at radius 2 is 2.00 bits per heavy atom. The smallest absolute Gasteiger partial charge is 0.262 e. The van der Waals surface area contributed by atoms with Crippen LogP contribution in [0.2, 0.25) is 5.02 Å². The molecule has 2 rings (SSSR count). The first kappa shape index (κ1) is 24.6. The first-order valence-electron chi connectivity index (χ1n) is 9.93. The molecule has 0 spiro atoms. The third-order valence-corrected chi connectivity index (χ3v) is 4.58. The number of benzene rings is 2. The van der Waals surface area contributed by atoms with Gasteiger partial charge in [-0.3, -0.25) is 9.59 Å². The fourth-order valence-corrected chi connectivity index (χ4v) is 2.94. The second-order valence-corrected chi connectivity index (χ2v) is 7.43. The van der Waals surface area contributed by atoms with Gasteiger partial charge in [0, 0.05) is 10.7 Å². The van der Waals surface area contributed by atoms with E-state index in [2.05, 4.69) is 16.9 Å². The fraction of sp³-hybridized carbons (Fsp3) is 0.200. The Bertz CT molecular complexity index is 1140. The minimum absolute atomic E-state index is 0.0579. The molecular formula is C25H24ClN3O3. The zero-order chi connectivity index (χ0) is 23.7. The number of allylic oxidation sites excluding steroid dienone is 3. The number of nitrogens with one attached hydrogen (secondary N) is 1. The minimum atomic E-state index is -0.560. The van der Waals surface area contributed by atoms with Gasteiger partial charge in [0.25, 0.3) is 5.91 Å². The van der Waals surface area contributed by atoms with Gasteiger partial charge in [-0.25, -0.2) is 4.99 Å². The van der Waals surface area contributed by atoms with Crippen LogP contribution in [-0.2, 0) is 4.79 Å². The molecule has 0 saturated heterocycles. The summed E-state index contributed by atoms with van der Waals surface area (Å²) >= 11 is 6.05. The number of nitrogens with zero attached hydrogens (tertiary/aromatic N) is 2. The number of Topliss-reactive ketones (excluding diaryl/α,β-unsaturated/α-hetero) is 1. The number of hydrogen-bond donors (Lipinski definition) is 1. The molecule has 7 heteroatoms. The van der Waals surface area contributed by atoms with E-state index in [1.165, 1.54) is 18.2 Å². The maximum atomic E-state index is 12.9. The average Bonchev–Trinajstić information content (AvgIpc) is 2.76. The fourth-order valence-electron chi connectivity index (χ4n) is 2.77. The van der Waals surface area contributed by atoms with E-state index in [1.54, 1.807) is 12.1 Å². The molecular weight excluding hydrogens is 426 g/mol. The summed E-state index contributed by atoms with van der Waals surface area (Å²) in [6.07, 6.45) is 3.99. The number of nitriles is 1. The van der Waals surface area contributed by atoms with E-state index in [0.29, 0.717) is 10.7 Å². The number of anilines is 1. The number of amides is 1. The molecule has 0 radical (unpaired) electrons. The second kappa shape index (κ2) is 11.6. The van der Waals surface area contributed by atoms with Crippen LogP contribution < -0.4 is 10.1 Å². The van der Waals surface area contributed by atoms with Crippen molar-refractivity contribution in [3.05, 3.63) is 82.5 Å². The summed E-state index contributed by atoms with van der Waals surface area (Å²) in [5.41, 5.74) is 2.72.